The molecule has 7 radical (unpaired) electrons. The monoisotopic (exact) mass is 337 g/mol. The van der Waals surface area contributed by atoms with Gasteiger partial charge in [0.05, 0.1) is 0 Å². The molecular weight excluding hydrogens is 308 g/mol. The van der Waals surface area contributed by atoms with Crippen LogP contribution in [0.25, 0.3) is 0 Å². The molecule has 0 amide bonds. The molecule has 0 N–H and O–H groups in total. The van der Waals surface area contributed by atoms with Gasteiger partial charge in [-0.05, 0) is 55.1 Å². The van der Waals surface area contributed by atoms with Crippen molar-refractivity contribution in [3.05, 3.63) is 85.2 Å². The molecule has 2 nitrogen and oxygen atoms in total. The highest BCUT2D eigenvalue weighted by Gasteiger charge is 2.29. The van der Waals surface area contributed by atoms with E-state index in [-0.39, 0.29) is 10.8 Å². The molecule has 1 saturated carbocycles. The van der Waals surface area contributed by atoms with Gasteiger partial charge in [-0.25, -0.2) is 0 Å². The van der Waals surface area contributed by atoms with Crippen LogP contribution in [0.5, 0.6) is 0 Å². The van der Waals surface area contributed by atoms with Crippen LogP contribution in [-0.2, 0) is 9.47 Å². The Bertz CT molecular complexity index is 551. The number of hydrogen-bond acceptors (Lipinski definition) is 2. The fraction of sp³-hybridized carbons (Fsp3) is 0.391. The first-order valence-corrected chi connectivity index (χ1v) is 8.66. The molecule has 0 bridgehead atoms. The average molecular weight is 337 g/mol. The quantitative estimate of drug-likeness (QED) is 0.643. The third kappa shape index (κ3) is 5.60. The van der Waals surface area contributed by atoms with Crippen molar-refractivity contribution in [1.82, 2.24) is 0 Å². The maximum atomic E-state index is 6.22. The molecule has 0 aromatic heterocycles. The van der Waals surface area contributed by atoms with E-state index in [0.29, 0.717) is 0 Å². The number of rotatable bonds is 4. The van der Waals surface area contributed by atoms with E-state index in [0.717, 1.165) is 28.6 Å². The molecule has 0 spiro atoms. The molecule has 0 unspecified atom stereocenters. The van der Waals surface area contributed by atoms with Crippen LogP contribution in [0, 0.1) is 49.0 Å². The van der Waals surface area contributed by atoms with Gasteiger partial charge in [-0.15, -0.1) is 0 Å². The Kier molecular flexibility index (Phi) is 6.37. The van der Waals surface area contributed by atoms with Gasteiger partial charge in [0.15, 0.2) is 6.61 Å². The Labute approximate surface area is 154 Å². The average Bonchev–Trinajstić information content (AvgIpc) is 3.03. The van der Waals surface area contributed by atoms with Gasteiger partial charge < -0.3 is 9.47 Å². The van der Waals surface area contributed by atoms with Gasteiger partial charge in [-0.1, -0.05) is 47.6 Å². The summed E-state index contributed by atoms with van der Waals surface area (Å²) < 4.78 is 11.2. The largest absolute Gasteiger partial charge is 0.465 e. The molecular formula is C23H29O2. The Balaban J connectivity index is 2.42. The van der Waals surface area contributed by atoms with Gasteiger partial charge in [0.1, 0.15) is 11.5 Å². The highest BCUT2D eigenvalue weighted by Crippen LogP contribution is 2.40. The number of ether oxygens (including phenoxy) is 2. The molecule has 2 rings (SSSR count). The van der Waals surface area contributed by atoms with Crippen LogP contribution < -0.4 is 0 Å². The van der Waals surface area contributed by atoms with Crippen molar-refractivity contribution >= 4 is 0 Å². The standard InChI is InChI=1S/C23H29O2/c1-22(2,3)20-15-17(16-21(25-20)23(4,5)6)14-19(12-13-24-7)18-10-8-9-11-18/h8-12,14-16H,1-7H3/b19-12+. The molecule has 1 aliphatic carbocycles. The van der Waals surface area contributed by atoms with Crippen LogP contribution in [0.15, 0.2) is 47.0 Å². The van der Waals surface area contributed by atoms with Crippen LogP contribution >= 0.6 is 0 Å². The molecule has 0 aromatic carbocycles. The normalized spacial score (nSPS) is 20.3. The molecule has 0 aromatic rings. The van der Waals surface area contributed by atoms with E-state index >= 15 is 0 Å². The third-order valence-electron chi connectivity index (χ3n) is 3.94. The maximum absolute atomic E-state index is 6.22. The molecule has 133 valence electrons. The van der Waals surface area contributed by atoms with Gasteiger partial charge in [0.25, 0.3) is 0 Å². The first-order chi connectivity index (χ1) is 11.6. The topological polar surface area (TPSA) is 18.5 Å². The van der Waals surface area contributed by atoms with Crippen molar-refractivity contribution < 1.29 is 9.47 Å². The van der Waals surface area contributed by atoms with E-state index in [1.807, 2.05) is 18.9 Å². The van der Waals surface area contributed by atoms with E-state index in [1.54, 1.807) is 7.11 Å². The number of methoxy groups -OCH3 is 1. The van der Waals surface area contributed by atoms with Crippen molar-refractivity contribution in [2.75, 3.05) is 7.11 Å². The summed E-state index contributed by atoms with van der Waals surface area (Å²) in [7, 11) is 1.61. The van der Waals surface area contributed by atoms with Crippen molar-refractivity contribution in [1.29, 1.82) is 0 Å². The second-order valence-electron chi connectivity index (χ2n) is 8.36. The first-order valence-electron chi connectivity index (χ1n) is 8.66. The first kappa shape index (κ1) is 20.0. The van der Waals surface area contributed by atoms with E-state index in [2.05, 4.69) is 79.2 Å². The van der Waals surface area contributed by atoms with E-state index in [4.69, 9.17) is 9.47 Å². The predicted octanol–water partition coefficient (Wildman–Crippen LogP) is 5.82. The fourth-order valence-corrected chi connectivity index (χ4v) is 2.42. The zero-order chi connectivity index (χ0) is 18.7. The Morgan fingerprint density at radius 2 is 1.48 bits per heavy atom. The van der Waals surface area contributed by atoms with E-state index < -0.39 is 0 Å². The Hall–Kier alpha value is -1.28. The number of hydrogen-bond donors (Lipinski definition) is 0. The maximum Gasteiger partial charge on any atom is 0.158 e. The Morgan fingerprint density at radius 1 is 0.960 bits per heavy atom. The SMILES string of the molecule is CO[C]/C=C(\C=C1C=C(C(C)(C)C)OC(C(C)(C)C)=C1)[C]1[CH][CH][CH][CH]1. The summed E-state index contributed by atoms with van der Waals surface area (Å²) >= 11 is 0. The van der Waals surface area contributed by atoms with Crippen LogP contribution in [-0.4, -0.2) is 7.11 Å². The van der Waals surface area contributed by atoms with Crippen LogP contribution in [0.4, 0.5) is 0 Å². The number of allylic oxidation sites excluding steroid dienone is 7. The summed E-state index contributed by atoms with van der Waals surface area (Å²) in [4.78, 5) is 0. The molecule has 1 heterocycles. The van der Waals surface area contributed by atoms with Crippen molar-refractivity contribution in [2.45, 2.75) is 41.5 Å². The summed E-state index contributed by atoms with van der Waals surface area (Å²) in [5.41, 5.74) is 2.06. The second-order valence-corrected chi connectivity index (χ2v) is 8.36. The lowest BCUT2D eigenvalue weighted by molar-refractivity contribution is 0.161. The lowest BCUT2D eigenvalue weighted by atomic mass is 9.86. The van der Waals surface area contributed by atoms with Gasteiger partial charge in [-0.3, -0.25) is 0 Å². The molecule has 2 heteroatoms. The van der Waals surface area contributed by atoms with Gasteiger partial charge in [-0.2, -0.15) is 0 Å². The molecule has 0 saturated heterocycles. The van der Waals surface area contributed by atoms with Crippen LogP contribution in [0.2, 0.25) is 0 Å². The molecule has 1 aliphatic heterocycles. The second kappa shape index (κ2) is 7.95. The molecule has 1 fully saturated rings. The highest BCUT2D eigenvalue weighted by atomic mass is 16.5. The van der Waals surface area contributed by atoms with Crippen molar-refractivity contribution in [3.63, 3.8) is 0 Å². The third-order valence-corrected chi connectivity index (χ3v) is 3.94. The zero-order valence-corrected chi connectivity index (χ0v) is 16.4. The van der Waals surface area contributed by atoms with Gasteiger partial charge >= 0.3 is 0 Å². The minimum Gasteiger partial charge on any atom is -0.465 e. The van der Waals surface area contributed by atoms with Crippen LogP contribution in [0.3, 0.4) is 0 Å². The Morgan fingerprint density at radius 3 is 1.92 bits per heavy atom. The van der Waals surface area contributed by atoms with Crippen molar-refractivity contribution in [2.24, 2.45) is 10.8 Å². The smallest absolute Gasteiger partial charge is 0.158 e. The molecule has 2 aliphatic rings. The summed E-state index contributed by atoms with van der Waals surface area (Å²) in [5, 5.41) is 0. The summed E-state index contributed by atoms with van der Waals surface area (Å²) in [6, 6.07) is 0. The minimum atomic E-state index is -0.0567. The summed E-state index contributed by atoms with van der Waals surface area (Å²) in [6.45, 7) is 15.8. The predicted molar refractivity (Wildman–Crippen MR) is 103 cm³/mol. The van der Waals surface area contributed by atoms with E-state index in [9.17, 15) is 0 Å². The van der Waals surface area contributed by atoms with E-state index in [1.165, 1.54) is 0 Å². The fourth-order valence-electron chi connectivity index (χ4n) is 2.42. The minimum absolute atomic E-state index is 0.0567. The van der Waals surface area contributed by atoms with Crippen LogP contribution in [0.1, 0.15) is 41.5 Å². The highest BCUT2D eigenvalue weighted by molar-refractivity contribution is 5.56. The van der Waals surface area contributed by atoms with Gasteiger partial charge in [0, 0.05) is 23.9 Å². The lowest BCUT2D eigenvalue weighted by Crippen LogP contribution is -2.21. The van der Waals surface area contributed by atoms with Crippen molar-refractivity contribution in [3.8, 4) is 0 Å². The zero-order valence-electron chi connectivity index (χ0n) is 16.4. The van der Waals surface area contributed by atoms with Gasteiger partial charge in [0.2, 0.25) is 0 Å². The summed E-state index contributed by atoms with van der Waals surface area (Å²) in [6.07, 6.45) is 16.5. The summed E-state index contributed by atoms with van der Waals surface area (Å²) in [5.74, 6) is 3.10. The lowest BCUT2D eigenvalue weighted by Gasteiger charge is -2.32. The molecule has 25 heavy (non-hydrogen) atoms. The molecule has 0 atom stereocenters.